The molecule has 4 N–H and O–H groups in total. The zero-order valence-electron chi connectivity index (χ0n) is 19.4. The summed E-state index contributed by atoms with van der Waals surface area (Å²) in [7, 11) is 0. The fourth-order valence-corrected chi connectivity index (χ4v) is 3.84. The van der Waals surface area contributed by atoms with E-state index in [1.54, 1.807) is 24.3 Å². The highest BCUT2D eigenvalue weighted by atomic mass is 16.5. The van der Waals surface area contributed by atoms with Crippen molar-refractivity contribution in [1.29, 1.82) is 0 Å². The van der Waals surface area contributed by atoms with Crippen LogP contribution in [-0.2, 0) is 0 Å². The first-order valence-electron chi connectivity index (χ1n) is 11.7. The van der Waals surface area contributed by atoms with Crippen molar-refractivity contribution in [2.75, 3.05) is 36.8 Å². The summed E-state index contributed by atoms with van der Waals surface area (Å²) in [6, 6.07) is 8.10. The first-order valence-corrected chi connectivity index (χ1v) is 11.7. The van der Waals surface area contributed by atoms with Crippen molar-refractivity contribution >= 4 is 23.2 Å². The fraction of sp³-hybridized carbons (Fsp3) is 0.333. The van der Waals surface area contributed by atoms with Gasteiger partial charge in [0.1, 0.15) is 29.9 Å². The second kappa shape index (κ2) is 11.1. The molecule has 0 radical (unpaired) electrons. The standard InChI is InChI=1S/C24H26N8O4/c33-23(31-15-1-3-21(27-10-15)35-17-5-7-25-12-17)19-9-20(30-14-29-19)24(34)32-16-2-4-22(28-11-16)36-18-6-8-26-13-18/h1-4,9-11,14,17-18,25-26H,5-8,12-13H2,(H,31,33)(H,32,34)/t17-,18-/m1/s1. The Hall–Kier alpha value is -4.16. The van der Waals surface area contributed by atoms with E-state index >= 15 is 0 Å². The zero-order valence-corrected chi connectivity index (χ0v) is 19.4. The topological polar surface area (TPSA) is 152 Å². The number of hydrogen-bond donors (Lipinski definition) is 4. The zero-order chi connectivity index (χ0) is 24.7. The van der Waals surface area contributed by atoms with Gasteiger partial charge in [0.25, 0.3) is 11.8 Å². The van der Waals surface area contributed by atoms with E-state index in [1.165, 1.54) is 24.8 Å². The van der Waals surface area contributed by atoms with Crippen molar-refractivity contribution in [3.63, 3.8) is 0 Å². The average Bonchev–Trinajstić information content (AvgIpc) is 3.61. The molecule has 3 aromatic rings. The molecule has 2 aliphatic rings. The lowest BCUT2D eigenvalue weighted by Gasteiger charge is -2.12. The molecule has 2 atom stereocenters. The maximum absolute atomic E-state index is 12.7. The number of aromatic nitrogens is 4. The van der Waals surface area contributed by atoms with Gasteiger partial charge in [0, 0.05) is 31.3 Å². The summed E-state index contributed by atoms with van der Waals surface area (Å²) in [5.41, 5.74) is 1.03. The van der Waals surface area contributed by atoms with Crippen LogP contribution < -0.4 is 30.7 Å². The number of nitrogens with one attached hydrogen (secondary N) is 4. The highest BCUT2D eigenvalue weighted by Crippen LogP contribution is 2.17. The number of anilines is 2. The van der Waals surface area contributed by atoms with Crippen molar-refractivity contribution < 1.29 is 19.1 Å². The second-order valence-corrected chi connectivity index (χ2v) is 8.43. The van der Waals surface area contributed by atoms with Crippen LogP contribution in [0.1, 0.15) is 33.8 Å². The van der Waals surface area contributed by atoms with E-state index in [1.807, 2.05) is 0 Å². The molecular formula is C24H26N8O4. The first-order chi connectivity index (χ1) is 17.6. The van der Waals surface area contributed by atoms with Crippen LogP contribution in [0.15, 0.2) is 49.1 Å². The summed E-state index contributed by atoms with van der Waals surface area (Å²) in [4.78, 5) is 41.8. The van der Waals surface area contributed by atoms with E-state index in [4.69, 9.17) is 9.47 Å². The Labute approximate surface area is 207 Å². The van der Waals surface area contributed by atoms with Crippen molar-refractivity contribution in [3.8, 4) is 11.8 Å². The van der Waals surface area contributed by atoms with Crippen LogP contribution in [-0.4, -0.2) is 70.1 Å². The fourth-order valence-electron chi connectivity index (χ4n) is 3.84. The minimum atomic E-state index is -0.494. The lowest BCUT2D eigenvalue weighted by Crippen LogP contribution is -2.20. The molecule has 2 fully saturated rings. The third kappa shape index (κ3) is 6.09. The van der Waals surface area contributed by atoms with Crippen molar-refractivity contribution in [2.45, 2.75) is 25.0 Å². The number of carbonyl (C=O) groups excluding carboxylic acids is 2. The first kappa shape index (κ1) is 23.6. The lowest BCUT2D eigenvalue weighted by atomic mass is 10.2. The minimum absolute atomic E-state index is 0.0413. The number of rotatable bonds is 8. The number of hydrogen-bond acceptors (Lipinski definition) is 10. The molecule has 0 bridgehead atoms. The largest absolute Gasteiger partial charge is 0.473 e. The second-order valence-electron chi connectivity index (χ2n) is 8.43. The Morgan fingerprint density at radius 2 is 1.25 bits per heavy atom. The molecule has 3 aromatic heterocycles. The molecule has 2 aliphatic heterocycles. The van der Waals surface area contributed by atoms with Gasteiger partial charge in [-0.05, 0) is 38.1 Å². The normalized spacial score (nSPS) is 19.0. The minimum Gasteiger partial charge on any atom is -0.473 e. The highest BCUT2D eigenvalue weighted by Gasteiger charge is 2.18. The maximum Gasteiger partial charge on any atom is 0.274 e. The molecular weight excluding hydrogens is 464 g/mol. The van der Waals surface area contributed by atoms with Crippen LogP contribution in [0.4, 0.5) is 11.4 Å². The monoisotopic (exact) mass is 490 g/mol. The summed E-state index contributed by atoms with van der Waals surface area (Å²) in [5.74, 6) is -0.00221. The summed E-state index contributed by atoms with van der Waals surface area (Å²) in [6.45, 7) is 3.43. The number of pyridine rings is 2. The average molecular weight is 491 g/mol. The maximum atomic E-state index is 12.7. The van der Waals surface area contributed by atoms with Crippen LogP contribution in [0, 0.1) is 0 Å². The molecule has 0 aliphatic carbocycles. The quantitative estimate of drug-likeness (QED) is 0.363. The summed E-state index contributed by atoms with van der Waals surface area (Å²) < 4.78 is 11.6. The van der Waals surface area contributed by atoms with Gasteiger partial charge in [-0.15, -0.1) is 0 Å². The van der Waals surface area contributed by atoms with Crippen molar-refractivity contribution in [1.82, 2.24) is 30.6 Å². The van der Waals surface area contributed by atoms with Crippen molar-refractivity contribution in [2.24, 2.45) is 0 Å². The number of amides is 2. The molecule has 2 amide bonds. The molecule has 0 spiro atoms. The molecule has 12 heteroatoms. The molecule has 5 heterocycles. The van der Waals surface area contributed by atoms with Gasteiger partial charge in [0.15, 0.2) is 0 Å². The molecule has 0 unspecified atom stereocenters. The molecule has 36 heavy (non-hydrogen) atoms. The SMILES string of the molecule is O=C(Nc1ccc(O[C@@H]2CCNC2)nc1)c1cc(C(=O)Nc2ccc(O[C@@H]3CCNC3)nc2)ncn1. The van der Waals surface area contributed by atoms with Gasteiger partial charge in [0.05, 0.1) is 23.8 Å². The Kier molecular flexibility index (Phi) is 7.24. The summed E-state index contributed by atoms with van der Waals surface area (Å²) >= 11 is 0. The van der Waals surface area contributed by atoms with Crippen LogP contribution in [0.25, 0.3) is 0 Å². The van der Waals surface area contributed by atoms with E-state index < -0.39 is 11.8 Å². The molecule has 0 aromatic carbocycles. The van der Waals surface area contributed by atoms with Gasteiger partial charge < -0.3 is 30.7 Å². The Morgan fingerprint density at radius 1 is 0.750 bits per heavy atom. The van der Waals surface area contributed by atoms with Crippen molar-refractivity contribution in [3.05, 3.63) is 60.4 Å². The molecule has 0 saturated carbocycles. The molecule has 2 saturated heterocycles. The van der Waals surface area contributed by atoms with E-state index in [2.05, 4.69) is 41.2 Å². The van der Waals surface area contributed by atoms with Crippen LogP contribution in [0.5, 0.6) is 11.8 Å². The van der Waals surface area contributed by atoms with Gasteiger partial charge in [-0.3, -0.25) is 9.59 Å². The van der Waals surface area contributed by atoms with Gasteiger partial charge in [-0.1, -0.05) is 0 Å². The highest BCUT2D eigenvalue weighted by molar-refractivity contribution is 6.06. The Balaban J connectivity index is 1.16. The van der Waals surface area contributed by atoms with E-state index in [0.717, 1.165) is 39.0 Å². The number of nitrogens with zero attached hydrogens (tertiary/aromatic N) is 4. The van der Waals surface area contributed by atoms with Crippen LogP contribution in [0.2, 0.25) is 0 Å². The molecule has 186 valence electrons. The number of carbonyl (C=O) groups is 2. The third-order valence-electron chi connectivity index (χ3n) is 5.73. The smallest absolute Gasteiger partial charge is 0.274 e. The van der Waals surface area contributed by atoms with E-state index in [9.17, 15) is 9.59 Å². The lowest BCUT2D eigenvalue weighted by molar-refractivity contribution is 0.102. The predicted octanol–water partition coefficient (Wildman–Crippen LogP) is 1.25. The van der Waals surface area contributed by atoms with Gasteiger partial charge in [-0.2, -0.15) is 0 Å². The predicted molar refractivity (Wildman–Crippen MR) is 130 cm³/mol. The Morgan fingerprint density at radius 3 is 1.64 bits per heavy atom. The third-order valence-corrected chi connectivity index (χ3v) is 5.73. The van der Waals surface area contributed by atoms with Crippen LogP contribution >= 0.6 is 0 Å². The van der Waals surface area contributed by atoms with Gasteiger partial charge in [-0.25, -0.2) is 19.9 Å². The van der Waals surface area contributed by atoms with E-state index in [-0.39, 0.29) is 23.6 Å². The summed E-state index contributed by atoms with van der Waals surface area (Å²) in [5, 5.41) is 11.9. The summed E-state index contributed by atoms with van der Waals surface area (Å²) in [6.07, 6.45) is 6.23. The van der Waals surface area contributed by atoms with Crippen LogP contribution in [0.3, 0.4) is 0 Å². The van der Waals surface area contributed by atoms with E-state index in [0.29, 0.717) is 23.1 Å². The molecule has 12 nitrogen and oxygen atoms in total. The van der Waals surface area contributed by atoms with Gasteiger partial charge >= 0.3 is 0 Å². The Bertz CT molecular complexity index is 1100. The molecule has 5 rings (SSSR count). The van der Waals surface area contributed by atoms with Gasteiger partial charge in [0.2, 0.25) is 11.8 Å². The number of ether oxygens (including phenoxy) is 2.